The van der Waals surface area contributed by atoms with Crippen LogP contribution in [0.5, 0.6) is 0 Å². The van der Waals surface area contributed by atoms with Gasteiger partial charge in [-0.05, 0) is 36.3 Å². The lowest BCUT2D eigenvalue weighted by Gasteiger charge is -2.24. The summed E-state index contributed by atoms with van der Waals surface area (Å²) in [5.74, 6) is 7.37. The van der Waals surface area contributed by atoms with E-state index in [-0.39, 0.29) is 6.04 Å². The number of hydrogen-bond acceptors (Lipinski definition) is 3. The second-order valence-electron chi connectivity index (χ2n) is 5.91. The molecule has 1 aliphatic rings. The fraction of sp³-hybridized carbons (Fsp3) is 0.471. The number of para-hydroxylation sites is 1. The lowest BCUT2D eigenvalue weighted by Crippen LogP contribution is -2.33. The van der Waals surface area contributed by atoms with Crippen molar-refractivity contribution in [2.24, 2.45) is 17.7 Å². The van der Waals surface area contributed by atoms with E-state index in [2.05, 4.69) is 41.6 Å². The van der Waals surface area contributed by atoms with Gasteiger partial charge in [-0.15, -0.1) is 0 Å². The van der Waals surface area contributed by atoms with Gasteiger partial charge in [0, 0.05) is 11.6 Å². The number of aromatic nitrogens is 1. The Hall–Kier alpha value is -1.45. The predicted octanol–water partition coefficient (Wildman–Crippen LogP) is 3.57. The average Bonchev–Trinajstić information content (AvgIpc) is 2.97. The Morgan fingerprint density at radius 3 is 2.90 bits per heavy atom. The lowest BCUT2D eigenvalue weighted by molar-refractivity contribution is 0.360. The fourth-order valence-electron chi connectivity index (χ4n) is 3.65. The van der Waals surface area contributed by atoms with Gasteiger partial charge in [-0.1, -0.05) is 44.0 Å². The quantitative estimate of drug-likeness (QED) is 0.659. The fourth-order valence-corrected chi connectivity index (χ4v) is 3.65. The zero-order chi connectivity index (χ0) is 13.9. The first kappa shape index (κ1) is 13.5. The molecule has 0 aliphatic heterocycles. The molecule has 0 radical (unpaired) electrons. The normalized spacial score (nSPS) is 24.1. The van der Waals surface area contributed by atoms with Crippen molar-refractivity contribution in [3.63, 3.8) is 0 Å². The number of fused-ring (bicyclic) bond motifs is 1. The second kappa shape index (κ2) is 5.90. The van der Waals surface area contributed by atoms with Crippen molar-refractivity contribution in [2.45, 2.75) is 38.6 Å². The molecule has 2 aromatic rings. The van der Waals surface area contributed by atoms with Gasteiger partial charge >= 0.3 is 0 Å². The lowest BCUT2D eigenvalue weighted by atomic mass is 9.89. The van der Waals surface area contributed by atoms with E-state index < -0.39 is 0 Å². The SMILES string of the molecule is CCC1CCC(C(NN)c2cccc3cccnc23)C1. The number of pyridine rings is 1. The van der Waals surface area contributed by atoms with Gasteiger partial charge in [-0.3, -0.25) is 16.3 Å². The average molecular weight is 269 g/mol. The Bertz CT molecular complexity index is 576. The van der Waals surface area contributed by atoms with Crippen LogP contribution in [0.15, 0.2) is 36.5 Å². The van der Waals surface area contributed by atoms with Gasteiger partial charge in [0.05, 0.1) is 11.6 Å². The summed E-state index contributed by atoms with van der Waals surface area (Å²) in [5.41, 5.74) is 5.38. The summed E-state index contributed by atoms with van der Waals surface area (Å²) >= 11 is 0. The molecular formula is C17H23N3. The maximum absolute atomic E-state index is 5.88. The Balaban J connectivity index is 1.95. The Labute approximate surface area is 120 Å². The Morgan fingerprint density at radius 2 is 2.15 bits per heavy atom. The minimum Gasteiger partial charge on any atom is -0.271 e. The van der Waals surface area contributed by atoms with E-state index >= 15 is 0 Å². The monoisotopic (exact) mass is 269 g/mol. The van der Waals surface area contributed by atoms with E-state index in [9.17, 15) is 0 Å². The highest BCUT2D eigenvalue weighted by Crippen LogP contribution is 2.41. The molecule has 1 aromatic carbocycles. The van der Waals surface area contributed by atoms with Crippen LogP contribution in [0.25, 0.3) is 10.9 Å². The zero-order valence-electron chi connectivity index (χ0n) is 12.0. The maximum atomic E-state index is 5.88. The van der Waals surface area contributed by atoms with E-state index in [0.29, 0.717) is 5.92 Å². The van der Waals surface area contributed by atoms with Crippen LogP contribution in [0.2, 0.25) is 0 Å². The molecule has 3 heteroatoms. The van der Waals surface area contributed by atoms with Crippen molar-refractivity contribution in [3.8, 4) is 0 Å². The summed E-state index contributed by atoms with van der Waals surface area (Å²) in [5, 5.41) is 1.19. The van der Waals surface area contributed by atoms with Gasteiger partial charge in [-0.2, -0.15) is 0 Å². The molecule has 3 nitrogen and oxygen atoms in total. The third-order valence-electron chi connectivity index (χ3n) is 4.81. The van der Waals surface area contributed by atoms with Gasteiger partial charge < -0.3 is 0 Å². The number of nitrogens with two attached hydrogens (primary N) is 1. The Kier molecular flexibility index (Phi) is 3.99. The van der Waals surface area contributed by atoms with Crippen LogP contribution in [-0.4, -0.2) is 4.98 Å². The van der Waals surface area contributed by atoms with E-state index in [1.165, 1.54) is 36.6 Å². The molecule has 0 saturated heterocycles. The number of rotatable bonds is 4. The molecule has 1 fully saturated rings. The van der Waals surface area contributed by atoms with Crippen molar-refractivity contribution >= 4 is 10.9 Å². The summed E-state index contributed by atoms with van der Waals surface area (Å²) in [7, 11) is 0. The van der Waals surface area contributed by atoms with E-state index in [4.69, 9.17) is 5.84 Å². The van der Waals surface area contributed by atoms with Crippen molar-refractivity contribution in [2.75, 3.05) is 0 Å². The van der Waals surface area contributed by atoms with Crippen LogP contribution in [0.1, 0.15) is 44.2 Å². The smallest absolute Gasteiger partial charge is 0.0750 e. The molecule has 1 heterocycles. The minimum atomic E-state index is 0.213. The van der Waals surface area contributed by atoms with Crippen LogP contribution >= 0.6 is 0 Å². The number of benzene rings is 1. The van der Waals surface area contributed by atoms with Crippen molar-refractivity contribution in [1.82, 2.24) is 10.4 Å². The molecule has 20 heavy (non-hydrogen) atoms. The summed E-state index contributed by atoms with van der Waals surface area (Å²) in [6.45, 7) is 2.29. The molecule has 3 unspecified atom stereocenters. The van der Waals surface area contributed by atoms with Gasteiger partial charge in [-0.25, -0.2) is 0 Å². The molecule has 3 atom stereocenters. The third kappa shape index (κ3) is 2.43. The first-order valence-corrected chi connectivity index (χ1v) is 7.63. The van der Waals surface area contributed by atoms with Crippen molar-refractivity contribution < 1.29 is 0 Å². The number of hydrazine groups is 1. The number of nitrogens with one attached hydrogen (secondary N) is 1. The van der Waals surface area contributed by atoms with Crippen LogP contribution in [0, 0.1) is 11.8 Å². The predicted molar refractivity (Wildman–Crippen MR) is 82.9 cm³/mol. The topological polar surface area (TPSA) is 50.9 Å². The standard InChI is InChI=1S/C17H23N3/c1-2-12-8-9-14(11-12)17(20-18)15-7-3-5-13-6-4-10-19-16(13)15/h3-7,10,12,14,17,20H,2,8-9,11,18H2,1H3. The summed E-state index contributed by atoms with van der Waals surface area (Å²) in [6.07, 6.45) is 7.01. The molecule has 0 spiro atoms. The molecule has 0 bridgehead atoms. The summed E-state index contributed by atoms with van der Waals surface area (Å²) in [4.78, 5) is 4.57. The molecule has 3 rings (SSSR count). The highest BCUT2D eigenvalue weighted by Gasteiger charge is 2.31. The first-order valence-electron chi connectivity index (χ1n) is 7.63. The van der Waals surface area contributed by atoms with Crippen LogP contribution in [0.4, 0.5) is 0 Å². The maximum Gasteiger partial charge on any atom is 0.0750 e. The molecule has 3 N–H and O–H groups in total. The second-order valence-corrected chi connectivity index (χ2v) is 5.91. The van der Waals surface area contributed by atoms with Crippen LogP contribution < -0.4 is 11.3 Å². The molecular weight excluding hydrogens is 246 g/mol. The van der Waals surface area contributed by atoms with Gasteiger partial charge in [0.1, 0.15) is 0 Å². The molecule has 1 aromatic heterocycles. The van der Waals surface area contributed by atoms with E-state index in [1.54, 1.807) is 0 Å². The number of nitrogens with zero attached hydrogens (tertiary/aromatic N) is 1. The zero-order valence-corrected chi connectivity index (χ0v) is 12.0. The highest BCUT2D eigenvalue weighted by molar-refractivity contribution is 5.82. The van der Waals surface area contributed by atoms with Crippen molar-refractivity contribution in [3.05, 3.63) is 42.1 Å². The molecule has 1 aliphatic carbocycles. The largest absolute Gasteiger partial charge is 0.271 e. The van der Waals surface area contributed by atoms with E-state index in [1.807, 2.05) is 12.3 Å². The minimum absolute atomic E-state index is 0.213. The Morgan fingerprint density at radius 1 is 1.30 bits per heavy atom. The van der Waals surface area contributed by atoms with Crippen molar-refractivity contribution in [1.29, 1.82) is 0 Å². The third-order valence-corrected chi connectivity index (χ3v) is 4.81. The van der Waals surface area contributed by atoms with Gasteiger partial charge in [0.2, 0.25) is 0 Å². The summed E-state index contributed by atoms with van der Waals surface area (Å²) < 4.78 is 0. The van der Waals surface area contributed by atoms with Gasteiger partial charge in [0.15, 0.2) is 0 Å². The molecule has 106 valence electrons. The number of hydrogen-bond donors (Lipinski definition) is 2. The first-order chi connectivity index (χ1) is 9.83. The van der Waals surface area contributed by atoms with Crippen LogP contribution in [-0.2, 0) is 0 Å². The van der Waals surface area contributed by atoms with Crippen LogP contribution in [0.3, 0.4) is 0 Å². The molecule has 0 amide bonds. The highest BCUT2D eigenvalue weighted by atomic mass is 15.2. The van der Waals surface area contributed by atoms with Gasteiger partial charge in [0.25, 0.3) is 0 Å². The summed E-state index contributed by atoms with van der Waals surface area (Å²) in [6, 6.07) is 10.7. The van der Waals surface area contributed by atoms with E-state index in [0.717, 1.165) is 11.4 Å². The molecule has 1 saturated carbocycles.